The molecule has 0 saturated heterocycles. The number of sulfonamides is 1. The van der Waals surface area contributed by atoms with Gasteiger partial charge < -0.3 is 10.1 Å². The summed E-state index contributed by atoms with van der Waals surface area (Å²) in [4.78, 5) is 15.4. The zero-order valence-electron chi connectivity index (χ0n) is 12.4. The summed E-state index contributed by atoms with van der Waals surface area (Å²) in [6.45, 7) is 0. The van der Waals surface area contributed by atoms with Crippen molar-refractivity contribution in [1.82, 2.24) is 4.98 Å². The number of methoxy groups -OCH3 is 1. The van der Waals surface area contributed by atoms with Crippen LogP contribution in [0, 0.1) is 0 Å². The molecule has 7 nitrogen and oxygen atoms in total. The number of rotatable bonds is 4. The second kappa shape index (κ2) is 5.88. The number of carbonyl (C=O) groups is 1. The zero-order valence-corrected chi connectivity index (χ0v) is 13.2. The van der Waals surface area contributed by atoms with E-state index < -0.39 is 10.0 Å². The second-order valence-electron chi connectivity index (χ2n) is 5.06. The van der Waals surface area contributed by atoms with Crippen LogP contribution < -0.4 is 14.8 Å². The van der Waals surface area contributed by atoms with E-state index in [9.17, 15) is 13.2 Å². The minimum absolute atomic E-state index is 0.0597. The van der Waals surface area contributed by atoms with E-state index in [-0.39, 0.29) is 10.8 Å². The molecule has 2 aromatic rings. The third-order valence-electron chi connectivity index (χ3n) is 3.48. The van der Waals surface area contributed by atoms with E-state index in [2.05, 4.69) is 15.0 Å². The fraction of sp³-hybridized carbons (Fsp3) is 0.200. The number of benzene rings is 1. The maximum Gasteiger partial charge on any atom is 0.261 e. The normalized spacial score (nSPS) is 13.9. The Bertz CT molecular complexity index is 848. The van der Waals surface area contributed by atoms with Crippen molar-refractivity contribution in [2.75, 3.05) is 17.1 Å². The third-order valence-corrected chi connectivity index (χ3v) is 4.86. The van der Waals surface area contributed by atoms with E-state index >= 15 is 0 Å². The predicted octanol–water partition coefficient (Wildman–Crippen LogP) is 1.78. The molecule has 1 aromatic carbocycles. The van der Waals surface area contributed by atoms with Crippen molar-refractivity contribution in [2.24, 2.45) is 0 Å². The standard InChI is InChI=1S/C15H15N3O4S/c1-22-15-7-3-11(9-16-15)18-23(20,21)12-4-5-13-10(8-12)2-6-14(19)17-13/h3-5,7-9,18H,2,6H2,1H3,(H,17,19). The molecule has 0 spiro atoms. The lowest BCUT2D eigenvalue weighted by Gasteiger charge is -2.17. The molecule has 8 heteroatoms. The summed E-state index contributed by atoms with van der Waals surface area (Å²) in [5.74, 6) is 0.341. The number of amides is 1. The molecule has 0 aliphatic carbocycles. The smallest absolute Gasteiger partial charge is 0.261 e. The van der Waals surface area contributed by atoms with Gasteiger partial charge in [-0.05, 0) is 36.2 Å². The van der Waals surface area contributed by atoms with E-state index in [1.165, 1.54) is 19.4 Å². The molecule has 0 fully saturated rings. The molecule has 1 amide bonds. The van der Waals surface area contributed by atoms with Crippen LogP contribution in [0.4, 0.5) is 11.4 Å². The number of aromatic nitrogens is 1. The number of fused-ring (bicyclic) bond motifs is 1. The van der Waals surface area contributed by atoms with Crippen LogP contribution >= 0.6 is 0 Å². The molecule has 120 valence electrons. The van der Waals surface area contributed by atoms with Crippen molar-refractivity contribution in [3.8, 4) is 5.88 Å². The number of carbonyl (C=O) groups excluding carboxylic acids is 1. The van der Waals surface area contributed by atoms with Crippen LogP contribution in [0.25, 0.3) is 0 Å². The number of anilines is 2. The zero-order chi connectivity index (χ0) is 16.4. The topological polar surface area (TPSA) is 97.4 Å². The number of aryl methyl sites for hydroxylation is 1. The van der Waals surface area contributed by atoms with Crippen molar-refractivity contribution in [1.29, 1.82) is 0 Å². The first-order valence-corrected chi connectivity index (χ1v) is 8.42. The maximum absolute atomic E-state index is 12.4. The molecule has 1 aromatic heterocycles. The minimum atomic E-state index is -3.72. The summed E-state index contributed by atoms with van der Waals surface area (Å²) >= 11 is 0. The van der Waals surface area contributed by atoms with Gasteiger partial charge in [-0.25, -0.2) is 13.4 Å². The van der Waals surface area contributed by atoms with E-state index in [1.54, 1.807) is 24.3 Å². The van der Waals surface area contributed by atoms with Crippen LogP contribution in [-0.4, -0.2) is 26.4 Å². The number of nitrogens with one attached hydrogen (secondary N) is 2. The summed E-state index contributed by atoms with van der Waals surface area (Å²) in [6.07, 6.45) is 2.26. The summed E-state index contributed by atoms with van der Waals surface area (Å²) < 4.78 is 32.3. The van der Waals surface area contributed by atoms with E-state index in [0.717, 1.165) is 5.56 Å². The second-order valence-corrected chi connectivity index (χ2v) is 6.74. The van der Waals surface area contributed by atoms with Gasteiger partial charge in [0.2, 0.25) is 11.8 Å². The highest BCUT2D eigenvalue weighted by molar-refractivity contribution is 7.92. The summed E-state index contributed by atoms with van der Waals surface area (Å²) in [7, 11) is -2.24. The fourth-order valence-corrected chi connectivity index (χ4v) is 3.40. The molecule has 1 aliphatic rings. The molecule has 3 rings (SSSR count). The van der Waals surface area contributed by atoms with Gasteiger partial charge in [-0.15, -0.1) is 0 Å². The van der Waals surface area contributed by atoms with Crippen molar-refractivity contribution in [3.63, 3.8) is 0 Å². The molecule has 0 unspecified atom stereocenters. The Labute approximate surface area is 133 Å². The Morgan fingerprint density at radius 1 is 1.22 bits per heavy atom. The number of nitrogens with zero attached hydrogens (tertiary/aromatic N) is 1. The van der Waals surface area contributed by atoms with Crippen LogP contribution in [0.3, 0.4) is 0 Å². The number of hydrogen-bond donors (Lipinski definition) is 2. The quantitative estimate of drug-likeness (QED) is 0.889. The van der Waals surface area contributed by atoms with Gasteiger partial charge in [0.1, 0.15) is 0 Å². The minimum Gasteiger partial charge on any atom is -0.481 e. The van der Waals surface area contributed by atoms with E-state index in [4.69, 9.17) is 4.74 Å². The number of ether oxygens (including phenoxy) is 1. The molecule has 1 aliphatic heterocycles. The Hall–Kier alpha value is -2.61. The fourth-order valence-electron chi connectivity index (χ4n) is 2.30. The monoisotopic (exact) mass is 333 g/mol. The Kier molecular flexibility index (Phi) is 3.91. The molecule has 0 atom stereocenters. The Balaban J connectivity index is 1.85. The predicted molar refractivity (Wildman–Crippen MR) is 85.0 cm³/mol. The first-order chi connectivity index (χ1) is 11.0. The van der Waals surface area contributed by atoms with Gasteiger partial charge in [-0.2, -0.15) is 0 Å². The molecular formula is C15H15N3O4S. The highest BCUT2D eigenvalue weighted by Crippen LogP contribution is 2.26. The average Bonchev–Trinajstić information content (AvgIpc) is 2.54. The maximum atomic E-state index is 12.4. The molecule has 0 saturated carbocycles. The lowest BCUT2D eigenvalue weighted by Crippen LogP contribution is -2.20. The Morgan fingerprint density at radius 2 is 2.04 bits per heavy atom. The number of hydrogen-bond acceptors (Lipinski definition) is 5. The highest BCUT2D eigenvalue weighted by Gasteiger charge is 2.20. The largest absolute Gasteiger partial charge is 0.481 e. The SMILES string of the molecule is COc1ccc(NS(=O)(=O)c2ccc3c(c2)CCC(=O)N3)cn1. The van der Waals surface area contributed by atoms with Crippen LogP contribution in [0.5, 0.6) is 5.88 Å². The average molecular weight is 333 g/mol. The van der Waals surface area contributed by atoms with Gasteiger partial charge in [0.05, 0.1) is 23.9 Å². The molecular weight excluding hydrogens is 318 g/mol. The summed E-state index contributed by atoms with van der Waals surface area (Å²) in [5, 5.41) is 2.72. The van der Waals surface area contributed by atoms with Crippen LogP contribution in [0.2, 0.25) is 0 Å². The summed E-state index contributed by atoms with van der Waals surface area (Å²) in [6, 6.07) is 7.78. The number of pyridine rings is 1. The van der Waals surface area contributed by atoms with Crippen molar-refractivity contribution in [2.45, 2.75) is 17.7 Å². The van der Waals surface area contributed by atoms with Crippen molar-refractivity contribution in [3.05, 3.63) is 42.1 Å². The lowest BCUT2D eigenvalue weighted by molar-refractivity contribution is -0.116. The Morgan fingerprint density at radius 3 is 2.74 bits per heavy atom. The van der Waals surface area contributed by atoms with E-state index in [0.29, 0.717) is 30.1 Å². The lowest BCUT2D eigenvalue weighted by atomic mass is 10.0. The van der Waals surface area contributed by atoms with Crippen molar-refractivity contribution < 1.29 is 17.9 Å². The van der Waals surface area contributed by atoms with Crippen molar-refractivity contribution >= 4 is 27.3 Å². The van der Waals surface area contributed by atoms with Gasteiger partial charge in [-0.3, -0.25) is 9.52 Å². The van der Waals surface area contributed by atoms with E-state index in [1.807, 2.05) is 0 Å². The first kappa shape index (κ1) is 15.3. The molecule has 0 radical (unpaired) electrons. The van der Waals surface area contributed by atoms with Crippen LogP contribution in [-0.2, 0) is 21.2 Å². The first-order valence-electron chi connectivity index (χ1n) is 6.93. The van der Waals surface area contributed by atoms with Gasteiger partial charge in [0.25, 0.3) is 10.0 Å². The van der Waals surface area contributed by atoms with Gasteiger partial charge >= 0.3 is 0 Å². The molecule has 23 heavy (non-hydrogen) atoms. The molecule has 2 N–H and O–H groups in total. The van der Waals surface area contributed by atoms with Gasteiger partial charge in [0.15, 0.2) is 0 Å². The van der Waals surface area contributed by atoms with Gasteiger partial charge in [0, 0.05) is 18.2 Å². The van der Waals surface area contributed by atoms with Crippen LogP contribution in [0.1, 0.15) is 12.0 Å². The molecule has 0 bridgehead atoms. The molecule has 2 heterocycles. The third kappa shape index (κ3) is 3.26. The summed E-state index contributed by atoms with van der Waals surface area (Å²) in [5.41, 5.74) is 1.81. The van der Waals surface area contributed by atoms with Gasteiger partial charge in [-0.1, -0.05) is 0 Å². The van der Waals surface area contributed by atoms with Crippen LogP contribution in [0.15, 0.2) is 41.4 Å². The highest BCUT2D eigenvalue weighted by atomic mass is 32.2.